The molecule has 0 atom stereocenters. The van der Waals surface area contributed by atoms with Gasteiger partial charge >= 0.3 is 12.4 Å². The SMILES string of the molecule is CCNC(=NCCc1nc(C(F)(F)F)cs1)NC1CCC(C(F)(F)F)CC1.I. The second kappa shape index (κ2) is 10.8. The summed E-state index contributed by atoms with van der Waals surface area (Å²) < 4.78 is 75.8. The second-order valence-electron chi connectivity index (χ2n) is 6.37. The van der Waals surface area contributed by atoms with E-state index in [1.54, 1.807) is 0 Å². The lowest BCUT2D eigenvalue weighted by atomic mass is 9.85. The van der Waals surface area contributed by atoms with Crippen molar-refractivity contribution in [2.75, 3.05) is 13.1 Å². The Balaban J connectivity index is 0.00000392. The molecule has 1 aromatic rings. The van der Waals surface area contributed by atoms with Crippen molar-refractivity contribution in [2.45, 2.75) is 57.4 Å². The zero-order valence-electron chi connectivity index (χ0n) is 15.2. The number of guanidine groups is 1. The van der Waals surface area contributed by atoms with E-state index in [0.717, 1.165) is 16.7 Å². The van der Waals surface area contributed by atoms with Crippen LogP contribution in [0.1, 0.15) is 43.3 Å². The average Bonchev–Trinajstić information content (AvgIpc) is 3.04. The maximum Gasteiger partial charge on any atom is 0.434 e. The van der Waals surface area contributed by atoms with Gasteiger partial charge in [0.1, 0.15) is 0 Å². The van der Waals surface area contributed by atoms with E-state index in [9.17, 15) is 26.3 Å². The summed E-state index contributed by atoms with van der Waals surface area (Å²) in [7, 11) is 0. The van der Waals surface area contributed by atoms with E-state index in [1.165, 1.54) is 0 Å². The van der Waals surface area contributed by atoms with Gasteiger partial charge in [0, 0.05) is 30.9 Å². The lowest BCUT2D eigenvalue weighted by Gasteiger charge is -2.31. The summed E-state index contributed by atoms with van der Waals surface area (Å²) >= 11 is 0.932. The highest BCUT2D eigenvalue weighted by atomic mass is 127. The molecule has 1 aliphatic rings. The fraction of sp³-hybridized carbons (Fsp3) is 0.750. The van der Waals surface area contributed by atoms with Crippen molar-refractivity contribution in [1.82, 2.24) is 15.6 Å². The quantitative estimate of drug-likeness (QED) is 0.238. The van der Waals surface area contributed by atoms with E-state index in [0.29, 0.717) is 30.4 Å². The predicted molar refractivity (Wildman–Crippen MR) is 107 cm³/mol. The first-order chi connectivity index (χ1) is 12.6. The topological polar surface area (TPSA) is 49.3 Å². The first kappa shape index (κ1) is 25.2. The van der Waals surface area contributed by atoms with Gasteiger partial charge in [-0.2, -0.15) is 26.3 Å². The van der Waals surface area contributed by atoms with Crippen LogP contribution in [-0.4, -0.2) is 36.3 Å². The molecule has 162 valence electrons. The van der Waals surface area contributed by atoms with Crippen LogP contribution in [0, 0.1) is 5.92 Å². The van der Waals surface area contributed by atoms with E-state index < -0.39 is 24.0 Å². The number of aliphatic imine (C=N–C) groups is 1. The number of halogens is 7. The molecule has 1 saturated carbocycles. The summed E-state index contributed by atoms with van der Waals surface area (Å²) in [6.45, 7) is 2.66. The molecule has 28 heavy (non-hydrogen) atoms. The van der Waals surface area contributed by atoms with Gasteiger partial charge in [-0.05, 0) is 32.6 Å². The van der Waals surface area contributed by atoms with Crippen molar-refractivity contribution in [3.8, 4) is 0 Å². The lowest BCUT2D eigenvalue weighted by molar-refractivity contribution is -0.182. The molecule has 4 nitrogen and oxygen atoms in total. The molecule has 0 bridgehead atoms. The Hall–Kier alpha value is -0.790. The molecule has 2 rings (SSSR count). The number of thiazole rings is 1. The number of nitrogens with one attached hydrogen (secondary N) is 2. The van der Waals surface area contributed by atoms with Crippen LogP contribution in [0.4, 0.5) is 26.3 Å². The van der Waals surface area contributed by atoms with Gasteiger partial charge in [-0.25, -0.2) is 4.98 Å². The minimum absolute atomic E-state index is 0. The molecule has 12 heteroatoms. The van der Waals surface area contributed by atoms with Gasteiger partial charge in [0.2, 0.25) is 0 Å². The Morgan fingerprint density at radius 3 is 2.32 bits per heavy atom. The van der Waals surface area contributed by atoms with Crippen molar-refractivity contribution < 1.29 is 26.3 Å². The van der Waals surface area contributed by atoms with Crippen LogP contribution < -0.4 is 10.6 Å². The molecule has 2 N–H and O–H groups in total. The van der Waals surface area contributed by atoms with Crippen molar-refractivity contribution in [3.05, 3.63) is 16.1 Å². The van der Waals surface area contributed by atoms with E-state index >= 15 is 0 Å². The van der Waals surface area contributed by atoms with E-state index in [2.05, 4.69) is 20.6 Å². The molecule has 0 aliphatic heterocycles. The maximum atomic E-state index is 12.7. The van der Waals surface area contributed by atoms with Gasteiger partial charge in [-0.3, -0.25) is 4.99 Å². The Labute approximate surface area is 180 Å². The fourth-order valence-corrected chi connectivity index (χ4v) is 3.69. The van der Waals surface area contributed by atoms with Gasteiger partial charge in [0.15, 0.2) is 11.7 Å². The van der Waals surface area contributed by atoms with Crippen LogP contribution >= 0.6 is 35.3 Å². The summed E-state index contributed by atoms with van der Waals surface area (Å²) in [4.78, 5) is 7.85. The molecule has 0 radical (unpaired) electrons. The van der Waals surface area contributed by atoms with Crippen LogP contribution in [-0.2, 0) is 12.6 Å². The van der Waals surface area contributed by atoms with Crippen LogP contribution in [0.25, 0.3) is 0 Å². The highest BCUT2D eigenvalue weighted by molar-refractivity contribution is 14.0. The van der Waals surface area contributed by atoms with E-state index in [1.807, 2.05) is 6.92 Å². The molecule has 0 amide bonds. The summed E-state index contributed by atoms with van der Waals surface area (Å²) in [6, 6.07) is -0.0990. The maximum absolute atomic E-state index is 12.7. The minimum Gasteiger partial charge on any atom is -0.357 e. The lowest BCUT2D eigenvalue weighted by Crippen LogP contribution is -2.45. The summed E-state index contributed by atoms with van der Waals surface area (Å²) in [6.07, 6.45) is -7.37. The third-order valence-electron chi connectivity index (χ3n) is 4.31. The Morgan fingerprint density at radius 2 is 1.82 bits per heavy atom. The first-order valence-corrected chi connectivity index (χ1v) is 9.60. The number of nitrogens with zero attached hydrogens (tertiary/aromatic N) is 2. The van der Waals surface area contributed by atoms with Crippen LogP contribution in [0.5, 0.6) is 0 Å². The largest absolute Gasteiger partial charge is 0.434 e. The molecule has 1 fully saturated rings. The zero-order chi connectivity index (χ0) is 20.1. The molecule has 1 aliphatic carbocycles. The van der Waals surface area contributed by atoms with Gasteiger partial charge in [-0.1, -0.05) is 0 Å². The fourth-order valence-electron chi connectivity index (χ4n) is 2.90. The highest BCUT2D eigenvalue weighted by Gasteiger charge is 2.41. The van der Waals surface area contributed by atoms with E-state index in [-0.39, 0.29) is 55.8 Å². The molecule has 0 saturated heterocycles. The Kier molecular flexibility index (Phi) is 9.77. The zero-order valence-corrected chi connectivity index (χ0v) is 18.3. The van der Waals surface area contributed by atoms with Crippen molar-refractivity contribution in [1.29, 1.82) is 0 Å². The van der Waals surface area contributed by atoms with Gasteiger partial charge < -0.3 is 10.6 Å². The molecular formula is C16H23F6IN4S. The highest BCUT2D eigenvalue weighted by Crippen LogP contribution is 2.37. The van der Waals surface area contributed by atoms with Gasteiger partial charge in [0.05, 0.1) is 10.9 Å². The number of hydrogen-bond donors (Lipinski definition) is 2. The van der Waals surface area contributed by atoms with Gasteiger partial charge in [0.25, 0.3) is 0 Å². The Bertz CT molecular complexity index is 623. The molecule has 0 spiro atoms. The normalized spacial score (nSPS) is 21.2. The predicted octanol–water partition coefficient (Wildman–Crippen LogP) is 5.00. The third kappa shape index (κ3) is 7.91. The van der Waals surface area contributed by atoms with E-state index in [4.69, 9.17) is 0 Å². The molecule has 0 aromatic carbocycles. The Morgan fingerprint density at radius 1 is 1.18 bits per heavy atom. The first-order valence-electron chi connectivity index (χ1n) is 8.72. The van der Waals surface area contributed by atoms with Crippen LogP contribution in [0.3, 0.4) is 0 Å². The third-order valence-corrected chi connectivity index (χ3v) is 5.22. The minimum atomic E-state index is -4.45. The smallest absolute Gasteiger partial charge is 0.357 e. The van der Waals surface area contributed by atoms with Crippen molar-refractivity contribution in [2.24, 2.45) is 10.9 Å². The monoisotopic (exact) mass is 544 g/mol. The van der Waals surface area contributed by atoms with Gasteiger partial charge in [-0.15, -0.1) is 35.3 Å². The van der Waals surface area contributed by atoms with Crippen LogP contribution in [0.2, 0.25) is 0 Å². The van der Waals surface area contributed by atoms with Crippen molar-refractivity contribution >= 4 is 41.3 Å². The number of hydrogen-bond acceptors (Lipinski definition) is 3. The van der Waals surface area contributed by atoms with Crippen LogP contribution in [0.15, 0.2) is 10.4 Å². The summed E-state index contributed by atoms with van der Waals surface area (Å²) in [5, 5.41) is 7.44. The summed E-state index contributed by atoms with van der Waals surface area (Å²) in [5.41, 5.74) is -0.905. The molecule has 1 heterocycles. The summed E-state index contributed by atoms with van der Waals surface area (Å²) in [5.74, 6) is -0.789. The molecular weight excluding hydrogens is 521 g/mol. The number of rotatable bonds is 5. The number of alkyl halides is 6. The standard InChI is InChI=1S/C16H22F6N4S.HI/c1-2-23-14(25-11-5-3-10(4-6-11)15(17,18)19)24-8-7-13-26-12(9-27-13)16(20,21)22;/h9-11H,2-8H2,1H3,(H2,23,24,25);1H. The molecule has 1 aromatic heterocycles. The van der Waals surface area contributed by atoms with Crippen molar-refractivity contribution in [3.63, 3.8) is 0 Å². The number of aromatic nitrogens is 1. The second-order valence-corrected chi connectivity index (χ2v) is 7.31. The average molecular weight is 544 g/mol. The molecule has 0 unspecified atom stereocenters.